The zero-order chi connectivity index (χ0) is 17.4. The molecule has 0 saturated carbocycles. The molecule has 1 aromatic heterocycles. The average Bonchev–Trinajstić information content (AvgIpc) is 3.13. The van der Waals surface area contributed by atoms with Crippen LogP contribution in [0.15, 0.2) is 54.3 Å². The zero-order valence-electron chi connectivity index (χ0n) is 14.1. The van der Waals surface area contributed by atoms with E-state index in [0.717, 1.165) is 23.0 Å². The summed E-state index contributed by atoms with van der Waals surface area (Å²) in [4.78, 5) is 9.67. The Morgan fingerprint density at radius 2 is 2.00 bits per heavy atom. The van der Waals surface area contributed by atoms with E-state index in [-0.39, 0.29) is 5.76 Å². The number of H-pyrrole nitrogens is 1. The maximum Gasteiger partial charge on any atom is 0.145 e. The minimum Gasteiger partial charge on any atom is -0.510 e. The van der Waals surface area contributed by atoms with E-state index in [1.54, 1.807) is 0 Å². The van der Waals surface area contributed by atoms with Gasteiger partial charge in [-0.15, -0.1) is 0 Å². The lowest BCUT2D eigenvalue weighted by molar-refractivity contribution is 0.351. The highest BCUT2D eigenvalue weighted by atomic mass is 16.3. The summed E-state index contributed by atoms with van der Waals surface area (Å²) in [6, 6.07) is 16.2. The van der Waals surface area contributed by atoms with Crippen LogP contribution in [0.2, 0.25) is 0 Å². The van der Waals surface area contributed by atoms with Crippen molar-refractivity contribution in [1.29, 1.82) is 5.41 Å². The van der Waals surface area contributed by atoms with Crippen LogP contribution >= 0.6 is 0 Å². The van der Waals surface area contributed by atoms with Gasteiger partial charge in [-0.2, -0.15) is 0 Å². The summed E-state index contributed by atoms with van der Waals surface area (Å²) in [5.74, 6) is 1.09. The molecule has 0 unspecified atom stereocenters. The van der Waals surface area contributed by atoms with E-state index in [0.29, 0.717) is 30.3 Å². The summed E-state index contributed by atoms with van der Waals surface area (Å²) < 4.78 is 0. The van der Waals surface area contributed by atoms with E-state index in [4.69, 9.17) is 5.41 Å². The minimum atomic E-state index is 0.203. The molecular formula is C20H20N4O. The first-order valence-electron chi connectivity index (χ1n) is 8.38. The van der Waals surface area contributed by atoms with Crippen LogP contribution in [0.3, 0.4) is 0 Å². The summed E-state index contributed by atoms with van der Waals surface area (Å²) in [7, 11) is 0. The topological polar surface area (TPSA) is 76.0 Å². The number of nitrogens with zero attached hydrogens (tertiary/aromatic N) is 2. The monoisotopic (exact) mass is 332 g/mol. The summed E-state index contributed by atoms with van der Waals surface area (Å²) in [6.45, 7) is 3.08. The SMILES string of the molecule is Cc1ccc2nc(C3=C(O)CN(CCc4ccccc4)C3=N)[nH]c2c1. The third-order valence-electron chi connectivity index (χ3n) is 4.57. The molecule has 0 saturated heterocycles. The standard InChI is InChI=1S/C20H20N4O/c1-13-7-8-15-16(11-13)23-20(22-15)18-17(25)12-24(19(18)21)10-9-14-5-3-2-4-6-14/h2-8,11,21,25H,9-10,12H2,1H3,(H,22,23). The second-order valence-corrected chi connectivity index (χ2v) is 6.43. The molecule has 2 heterocycles. The van der Waals surface area contributed by atoms with Gasteiger partial charge < -0.3 is 15.0 Å². The quantitative estimate of drug-likeness (QED) is 0.682. The number of benzene rings is 2. The van der Waals surface area contributed by atoms with Gasteiger partial charge in [0.15, 0.2) is 0 Å². The molecule has 0 spiro atoms. The van der Waals surface area contributed by atoms with E-state index in [1.807, 2.05) is 48.2 Å². The summed E-state index contributed by atoms with van der Waals surface area (Å²) in [5.41, 5.74) is 4.64. The molecule has 0 amide bonds. The lowest BCUT2D eigenvalue weighted by Crippen LogP contribution is -2.29. The highest BCUT2D eigenvalue weighted by Gasteiger charge is 2.30. The number of hydrogen-bond acceptors (Lipinski definition) is 3. The second-order valence-electron chi connectivity index (χ2n) is 6.43. The normalized spacial score (nSPS) is 14.8. The molecule has 25 heavy (non-hydrogen) atoms. The molecule has 5 nitrogen and oxygen atoms in total. The zero-order valence-corrected chi connectivity index (χ0v) is 14.1. The molecule has 4 rings (SSSR count). The Kier molecular flexibility index (Phi) is 3.76. The van der Waals surface area contributed by atoms with Crippen molar-refractivity contribution in [2.24, 2.45) is 0 Å². The fraction of sp³-hybridized carbons (Fsp3) is 0.200. The van der Waals surface area contributed by atoms with Crippen molar-refractivity contribution in [3.63, 3.8) is 0 Å². The highest BCUT2D eigenvalue weighted by Crippen LogP contribution is 2.27. The first-order chi connectivity index (χ1) is 12.1. The molecule has 0 radical (unpaired) electrons. The van der Waals surface area contributed by atoms with Crippen LogP contribution in [0, 0.1) is 12.3 Å². The molecule has 126 valence electrons. The highest BCUT2D eigenvalue weighted by molar-refractivity contribution is 6.23. The van der Waals surface area contributed by atoms with E-state index in [2.05, 4.69) is 22.1 Å². The Hall–Kier alpha value is -3.08. The van der Waals surface area contributed by atoms with E-state index < -0.39 is 0 Å². The van der Waals surface area contributed by atoms with Gasteiger partial charge in [-0.3, -0.25) is 5.41 Å². The maximum atomic E-state index is 10.4. The number of aromatic nitrogens is 2. The molecule has 1 aliphatic heterocycles. The summed E-state index contributed by atoms with van der Waals surface area (Å²) in [5, 5.41) is 18.9. The fourth-order valence-corrected chi connectivity index (χ4v) is 3.22. The van der Waals surface area contributed by atoms with E-state index >= 15 is 0 Å². The van der Waals surface area contributed by atoms with Crippen molar-refractivity contribution in [2.75, 3.05) is 13.1 Å². The molecule has 0 aliphatic carbocycles. The molecule has 3 aromatic rings. The van der Waals surface area contributed by atoms with Gasteiger partial charge in [0.2, 0.25) is 0 Å². The number of aliphatic hydroxyl groups excluding tert-OH is 1. The number of nitrogens with one attached hydrogen (secondary N) is 2. The van der Waals surface area contributed by atoms with Crippen LogP contribution in [0.25, 0.3) is 16.6 Å². The molecule has 0 atom stereocenters. The number of rotatable bonds is 4. The smallest absolute Gasteiger partial charge is 0.145 e. The van der Waals surface area contributed by atoms with Gasteiger partial charge in [0.1, 0.15) is 17.4 Å². The first-order valence-corrected chi connectivity index (χ1v) is 8.38. The van der Waals surface area contributed by atoms with E-state index in [1.165, 1.54) is 5.56 Å². The van der Waals surface area contributed by atoms with Crippen molar-refractivity contribution in [1.82, 2.24) is 14.9 Å². The largest absolute Gasteiger partial charge is 0.510 e. The van der Waals surface area contributed by atoms with Crippen LogP contribution in [0.1, 0.15) is 17.0 Å². The number of aromatic amines is 1. The lowest BCUT2D eigenvalue weighted by atomic mass is 10.1. The van der Waals surface area contributed by atoms with Crippen molar-refractivity contribution in [3.05, 3.63) is 71.2 Å². The number of aryl methyl sites for hydroxylation is 1. The maximum absolute atomic E-state index is 10.4. The molecule has 0 fully saturated rings. The van der Waals surface area contributed by atoms with Gasteiger partial charge in [0.05, 0.1) is 23.2 Å². The minimum absolute atomic E-state index is 0.203. The molecular weight excluding hydrogens is 312 g/mol. The number of fused-ring (bicyclic) bond motifs is 1. The predicted molar refractivity (Wildman–Crippen MR) is 99.8 cm³/mol. The Morgan fingerprint density at radius 1 is 1.20 bits per heavy atom. The number of hydrogen-bond donors (Lipinski definition) is 3. The fourth-order valence-electron chi connectivity index (χ4n) is 3.22. The van der Waals surface area contributed by atoms with Crippen molar-refractivity contribution in [2.45, 2.75) is 13.3 Å². The van der Waals surface area contributed by atoms with Gasteiger partial charge in [0.25, 0.3) is 0 Å². The van der Waals surface area contributed by atoms with Crippen molar-refractivity contribution < 1.29 is 5.11 Å². The Balaban J connectivity index is 1.55. The van der Waals surface area contributed by atoms with E-state index in [9.17, 15) is 5.11 Å². The molecule has 0 bridgehead atoms. The average molecular weight is 332 g/mol. The van der Waals surface area contributed by atoms with Gasteiger partial charge >= 0.3 is 0 Å². The summed E-state index contributed by atoms with van der Waals surface area (Å²) in [6.07, 6.45) is 0.836. The number of imidazole rings is 1. The molecule has 1 aliphatic rings. The van der Waals surface area contributed by atoms with Crippen LogP contribution in [-0.2, 0) is 6.42 Å². The lowest BCUT2D eigenvalue weighted by Gasteiger charge is -2.18. The number of amidine groups is 1. The van der Waals surface area contributed by atoms with Crippen LogP contribution in [0.5, 0.6) is 0 Å². The summed E-state index contributed by atoms with van der Waals surface area (Å²) >= 11 is 0. The first kappa shape index (κ1) is 15.4. The van der Waals surface area contributed by atoms with Gasteiger partial charge in [-0.25, -0.2) is 4.98 Å². The molecule has 3 N–H and O–H groups in total. The predicted octanol–water partition coefficient (Wildman–Crippen LogP) is 3.68. The molecule has 5 heteroatoms. The Bertz CT molecular complexity index is 972. The third-order valence-corrected chi connectivity index (χ3v) is 4.57. The van der Waals surface area contributed by atoms with Crippen molar-refractivity contribution >= 4 is 22.4 Å². The van der Waals surface area contributed by atoms with Crippen molar-refractivity contribution in [3.8, 4) is 0 Å². The van der Waals surface area contributed by atoms with Gasteiger partial charge in [-0.1, -0.05) is 36.4 Å². The third kappa shape index (κ3) is 2.89. The van der Waals surface area contributed by atoms with Gasteiger partial charge in [-0.05, 0) is 36.6 Å². The second kappa shape index (κ2) is 6.09. The van der Waals surface area contributed by atoms with Crippen LogP contribution < -0.4 is 0 Å². The Labute approximate surface area is 146 Å². The number of aliphatic hydroxyl groups is 1. The Morgan fingerprint density at radius 3 is 2.80 bits per heavy atom. The van der Waals surface area contributed by atoms with Crippen LogP contribution in [-0.4, -0.2) is 38.9 Å². The van der Waals surface area contributed by atoms with Gasteiger partial charge in [0, 0.05) is 6.54 Å². The van der Waals surface area contributed by atoms with Crippen LogP contribution in [0.4, 0.5) is 0 Å². The molecule has 2 aromatic carbocycles.